The van der Waals surface area contributed by atoms with Crippen molar-refractivity contribution in [3.63, 3.8) is 0 Å². The van der Waals surface area contributed by atoms with Crippen LogP contribution in [-0.2, 0) is 111 Å². The number of phenols is 1. The van der Waals surface area contributed by atoms with E-state index in [-0.39, 0.29) is 98.1 Å². The average molecular weight is 536 g/mol. The van der Waals surface area contributed by atoms with Gasteiger partial charge in [-0.2, -0.15) is 0 Å². The summed E-state index contributed by atoms with van der Waals surface area (Å²) in [6.45, 7) is 4.40. The summed E-state index contributed by atoms with van der Waals surface area (Å²) in [6, 6.07) is 11.6. The first-order chi connectivity index (χ1) is 9.77. The van der Waals surface area contributed by atoms with E-state index in [1.165, 1.54) is 24.8 Å². The second kappa shape index (κ2) is 14.9. The topological polar surface area (TPSA) is 20.2 Å². The van der Waals surface area contributed by atoms with Crippen LogP contribution in [0.5, 0.6) is 5.75 Å². The Balaban J connectivity index is 0. The van der Waals surface area contributed by atoms with E-state index in [1.807, 2.05) is 12.1 Å². The molecule has 0 saturated carbocycles. The molecule has 1 N–H and O–H groups in total. The van der Waals surface area contributed by atoms with Gasteiger partial charge in [0.05, 0.1) is 0 Å². The SMILES string of the molecule is CCCCCc1cccc2c(O)c(CCCC)c[c-]c12.[Y].[Y].[Y]. The zero-order chi connectivity index (χ0) is 14.4. The number of fused-ring (bicyclic) bond motifs is 1. The number of rotatable bonds is 7. The number of aryl methyl sites for hydroxylation is 2. The number of aromatic hydroxyl groups is 1. The van der Waals surface area contributed by atoms with E-state index in [2.05, 4.69) is 32.0 Å². The number of benzene rings is 2. The summed E-state index contributed by atoms with van der Waals surface area (Å²) in [5.74, 6) is 0.463. The number of hydrogen-bond acceptors (Lipinski definition) is 1. The average Bonchev–Trinajstić information content (AvgIpc) is 2.47. The molecule has 1 nitrogen and oxygen atoms in total. The molecular formula is C19H25OY3-. The molecule has 117 valence electrons. The molecule has 2 aromatic carbocycles. The van der Waals surface area contributed by atoms with Gasteiger partial charge in [0.15, 0.2) is 0 Å². The van der Waals surface area contributed by atoms with E-state index in [9.17, 15) is 5.11 Å². The van der Waals surface area contributed by atoms with Crippen LogP contribution >= 0.6 is 0 Å². The predicted molar refractivity (Wildman–Crippen MR) is 86.3 cm³/mol. The Hall–Kier alpha value is 1.81. The van der Waals surface area contributed by atoms with Crippen LogP contribution < -0.4 is 0 Å². The van der Waals surface area contributed by atoms with Crippen molar-refractivity contribution in [1.82, 2.24) is 0 Å². The summed E-state index contributed by atoms with van der Waals surface area (Å²) in [5.41, 5.74) is 2.35. The second-order valence-corrected chi connectivity index (χ2v) is 5.56. The smallest absolute Gasteiger partial charge is 0.0449 e. The molecule has 0 aliphatic heterocycles. The molecule has 0 unspecified atom stereocenters. The Morgan fingerprint density at radius 1 is 0.870 bits per heavy atom. The van der Waals surface area contributed by atoms with Gasteiger partial charge >= 0.3 is 0 Å². The number of unbranched alkanes of at least 4 members (excludes halogenated alkanes) is 3. The Bertz CT molecular complexity index is 570. The Labute approximate surface area is 216 Å². The predicted octanol–water partition coefficient (Wildman–Crippen LogP) is 5.41. The molecule has 3 radical (unpaired) electrons. The maximum atomic E-state index is 10.5. The van der Waals surface area contributed by atoms with E-state index in [0.29, 0.717) is 5.75 Å². The normalized spacial score (nSPS) is 9.65. The van der Waals surface area contributed by atoms with Crippen LogP contribution in [0.3, 0.4) is 0 Å². The zero-order valence-electron chi connectivity index (χ0n) is 14.4. The van der Waals surface area contributed by atoms with Crippen LogP contribution in [-0.4, -0.2) is 5.11 Å². The largest absolute Gasteiger partial charge is 0.526 e. The first-order valence-electron chi connectivity index (χ1n) is 7.92. The number of hydrogen-bond donors (Lipinski definition) is 1. The van der Waals surface area contributed by atoms with Gasteiger partial charge in [0.2, 0.25) is 0 Å². The van der Waals surface area contributed by atoms with Crippen molar-refractivity contribution < 1.29 is 103 Å². The minimum Gasteiger partial charge on any atom is -0.526 e. The molecule has 0 aromatic heterocycles. The van der Waals surface area contributed by atoms with Gasteiger partial charge in [-0.1, -0.05) is 81.9 Å². The molecule has 0 saturated heterocycles. The standard InChI is InChI=1S/C19H25O.3Y/c1-3-5-7-10-15-11-8-12-18-17(15)14-13-16(19(18)20)9-6-4-2;;;/h8,11-13,20H,3-7,9-10H2,1-2H3;;;/q-1;;;. The fourth-order valence-electron chi connectivity index (χ4n) is 2.70. The van der Waals surface area contributed by atoms with E-state index < -0.39 is 0 Å². The summed E-state index contributed by atoms with van der Waals surface area (Å²) < 4.78 is 0. The van der Waals surface area contributed by atoms with Crippen molar-refractivity contribution in [2.75, 3.05) is 0 Å². The van der Waals surface area contributed by atoms with E-state index in [0.717, 1.165) is 42.0 Å². The summed E-state index contributed by atoms with van der Waals surface area (Å²) >= 11 is 0. The van der Waals surface area contributed by atoms with Gasteiger partial charge < -0.3 is 5.11 Å². The molecule has 0 bridgehead atoms. The van der Waals surface area contributed by atoms with Crippen molar-refractivity contribution in [2.45, 2.75) is 58.8 Å². The third-order valence-electron chi connectivity index (χ3n) is 3.95. The minimum absolute atomic E-state index is 0. The van der Waals surface area contributed by atoms with Crippen LogP contribution in [0.25, 0.3) is 10.8 Å². The monoisotopic (exact) mass is 536 g/mol. The molecule has 0 atom stereocenters. The van der Waals surface area contributed by atoms with Crippen molar-refractivity contribution in [1.29, 1.82) is 0 Å². The van der Waals surface area contributed by atoms with Gasteiger partial charge in [0.25, 0.3) is 0 Å². The third-order valence-corrected chi connectivity index (χ3v) is 3.95. The fraction of sp³-hybridized carbons (Fsp3) is 0.474. The molecule has 0 fully saturated rings. The Morgan fingerprint density at radius 2 is 1.52 bits per heavy atom. The first kappa shape index (κ1) is 27.0. The van der Waals surface area contributed by atoms with E-state index >= 15 is 0 Å². The summed E-state index contributed by atoms with van der Waals surface area (Å²) in [7, 11) is 0. The zero-order valence-corrected chi connectivity index (χ0v) is 23.0. The molecular weight excluding hydrogens is 511 g/mol. The minimum atomic E-state index is 0. The molecule has 0 aliphatic rings. The molecule has 2 rings (SSSR count). The van der Waals surface area contributed by atoms with Crippen molar-refractivity contribution in [3.8, 4) is 5.75 Å². The maximum absolute atomic E-state index is 10.5. The summed E-state index contributed by atoms with van der Waals surface area (Å²) in [6.07, 6.45) is 7.99. The first-order valence-corrected chi connectivity index (χ1v) is 7.92. The van der Waals surface area contributed by atoms with Gasteiger partial charge in [-0.3, -0.25) is 0 Å². The van der Waals surface area contributed by atoms with Crippen molar-refractivity contribution >= 4 is 10.8 Å². The van der Waals surface area contributed by atoms with E-state index in [1.54, 1.807) is 0 Å². The van der Waals surface area contributed by atoms with Crippen LogP contribution in [0.1, 0.15) is 57.1 Å². The van der Waals surface area contributed by atoms with Gasteiger partial charge in [-0.15, -0.1) is 29.1 Å². The van der Waals surface area contributed by atoms with Crippen LogP contribution in [0.4, 0.5) is 0 Å². The van der Waals surface area contributed by atoms with Crippen LogP contribution in [0, 0.1) is 6.07 Å². The fourth-order valence-corrected chi connectivity index (χ4v) is 2.70. The summed E-state index contributed by atoms with van der Waals surface area (Å²) in [5, 5.41) is 12.5. The van der Waals surface area contributed by atoms with Crippen molar-refractivity contribution in [3.05, 3.63) is 41.5 Å². The van der Waals surface area contributed by atoms with Crippen LogP contribution in [0.15, 0.2) is 24.3 Å². The molecule has 0 aliphatic carbocycles. The second-order valence-electron chi connectivity index (χ2n) is 5.56. The van der Waals surface area contributed by atoms with Gasteiger partial charge in [0, 0.05) is 104 Å². The molecule has 23 heavy (non-hydrogen) atoms. The molecule has 4 heteroatoms. The third kappa shape index (κ3) is 7.92. The maximum Gasteiger partial charge on any atom is 0.0449 e. The molecule has 2 aromatic rings. The van der Waals surface area contributed by atoms with Crippen LogP contribution in [0.2, 0.25) is 0 Å². The molecule has 0 amide bonds. The van der Waals surface area contributed by atoms with E-state index in [4.69, 9.17) is 0 Å². The quantitative estimate of drug-likeness (QED) is 0.371. The molecule has 0 spiro atoms. The Morgan fingerprint density at radius 3 is 2.17 bits per heavy atom. The molecule has 0 heterocycles. The van der Waals surface area contributed by atoms with Gasteiger partial charge in [0.1, 0.15) is 0 Å². The number of phenolic OH excluding ortho intramolecular Hbond substituents is 1. The van der Waals surface area contributed by atoms with Gasteiger partial charge in [-0.05, 0) is 0 Å². The Kier molecular flexibility index (Phi) is 17.5. The van der Waals surface area contributed by atoms with Gasteiger partial charge in [-0.25, -0.2) is 0 Å². The summed E-state index contributed by atoms with van der Waals surface area (Å²) in [4.78, 5) is 0. The van der Waals surface area contributed by atoms with Crippen molar-refractivity contribution in [2.24, 2.45) is 0 Å².